The van der Waals surface area contributed by atoms with Crippen LogP contribution < -0.4 is 4.90 Å². The maximum atomic E-state index is 13.7. The number of fused-ring (bicyclic) bond motifs is 1. The SMILES string of the molecule is Cc1ccc(-c2n[nH]c3c2C(c2ccc(F)cc2)N(c2ccc(C(=O)O)cc2)C3=O)cc1. The highest BCUT2D eigenvalue weighted by molar-refractivity contribution is 6.11. The van der Waals surface area contributed by atoms with E-state index in [0.29, 0.717) is 22.6 Å². The van der Waals surface area contributed by atoms with E-state index >= 15 is 0 Å². The number of carbonyl (C=O) groups is 2. The monoisotopic (exact) mass is 427 g/mol. The van der Waals surface area contributed by atoms with Crippen molar-refractivity contribution in [2.24, 2.45) is 0 Å². The van der Waals surface area contributed by atoms with Crippen molar-refractivity contribution in [1.29, 1.82) is 0 Å². The van der Waals surface area contributed by atoms with Crippen LogP contribution in [0.1, 0.15) is 43.6 Å². The Morgan fingerprint density at radius 1 is 1.00 bits per heavy atom. The van der Waals surface area contributed by atoms with Gasteiger partial charge in [0.1, 0.15) is 11.5 Å². The summed E-state index contributed by atoms with van der Waals surface area (Å²) in [6, 6.07) is 19.4. The number of hydrogen-bond acceptors (Lipinski definition) is 3. The van der Waals surface area contributed by atoms with Crippen molar-refractivity contribution in [3.8, 4) is 11.3 Å². The van der Waals surface area contributed by atoms with Crippen molar-refractivity contribution in [3.05, 3.63) is 107 Å². The van der Waals surface area contributed by atoms with Crippen LogP contribution in [0.25, 0.3) is 11.3 Å². The van der Waals surface area contributed by atoms with Crippen LogP contribution in [-0.2, 0) is 0 Å². The lowest BCUT2D eigenvalue weighted by Crippen LogP contribution is -2.29. The Morgan fingerprint density at radius 2 is 1.66 bits per heavy atom. The Morgan fingerprint density at radius 3 is 2.28 bits per heavy atom. The maximum Gasteiger partial charge on any atom is 0.335 e. The molecule has 0 saturated carbocycles. The summed E-state index contributed by atoms with van der Waals surface area (Å²) in [5, 5.41) is 16.5. The average molecular weight is 427 g/mol. The number of rotatable bonds is 4. The van der Waals surface area contributed by atoms with Crippen molar-refractivity contribution in [2.45, 2.75) is 13.0 Å². The molecule has 7 heteroatoms. The number of benzene rings is 3. The number of nitrogens with one attached hydrogen (secondary N) is 1. The zero-order valence-corrected chi connectivity index (χ0v) is 17.0. The van der Waals surface area contributed by atoms with E-state index in [0.717, 1.165) is 16.7 Å². The van der Waals surface area contributed by atoms with Gasteiger partial charge < -0.3 is 5.11 Å². The lowest BCUT2D eigenvalue weighted by atomic mass is 9.95. The van der Waals surface area contributed by atoms with Crippen molar-refractivity contribution in [1.82, 2.24) is 10.2 Å². The first-order valence-electron chi connectivity index (χ1n) is 10.0. The molecule has 1 atom stereocenters. The van der Waals surface area contributed by atoms with Gasteiger partial charge in [-0.15, -0.1) is 0 Å². The molecule has 0 bridgehead atoms. The molecule has 1 aliphatic heterocycles. The van der Waals surface area contributed by atoms with Crippen LogP contribution in [0.15, 0.2) is 72.8 Å². The molecule has 3 aromatic carbocycles. The van der Waals surface area contributed by atoms with Gasteiger partial charge in [0.25, 0.3) is 5.91 Å². The summed E-state index contributed by atoms with van der Waals surface area (Å²) in [7, 11) is 0. The minimum Gasteiger partial charge on any atom is -0.478 e. The van der Waals surface area contributed by atoms with Gasteiger partial charge in [-0.3, -0.25) is 14.8 Å². The Balaban J connectivity index is 1.68. The Hall–Kier alpha value is -4.26. The number of hydrogen-bond donors (Lipinski definition) is 2. The van der Waals surface area contributed by atoms with Gasteiger partial charge in [-0.05, 0) is 48.9 Å². The van der Waals surface area contributed by atoms with Crippen molar-refractivity contribution in [3.63, 3.8) is 0 Å². The summed E-state index contributed by atoms with van der Waals surface area (Å²) < 4.78 is 13.7. The Kier molecular flexibility index (Phi) is 4.59. The second kappa shape index (κ2) is 7.46. The first-order chi connectivity index (χ1) is 15.4. The molecule has 1 aliphatic rings. The highest BCUT2D eigenvalue weighted by atomic mass is 19.1. The fourth-order valence-corrected chi connectivity index (χ4v) is 4.07. The standard InChI is InChI=1S/C25H18FN3O3/c1-14-2-4-15(5-3-14)21-20-22(28-27-21)24(30)29(19-12-8-17(9-13-19)25(31)32)23(20)16-6-10-18(26)11-7-16/h2-13,23H,1H3,(H,27,28)(H,31,32). The van der Waals surface area contributed by atoms with Crippen molar-refractivity contribution >= 4 is 17.6 Å². The van der Waals surface area contributed by atoms with E-state index in [1.165, 1.54) is 24.3 Å². The number of anilines is 1. The molecular formula is C25H18FN3O3. The van der Waals surface area contributed by atoms with Gasteiger partial charge in [0.15, 0.2) is 0 Å². The molecule has 0 fully saturated rings. The van der Waals surface area contributed by atoms with Crippen LogP contribution in [0, 0.1) is 12.7 Å². The molecule has 0 radical (unpaired) electrons. The summed E-state index contributed by atoms with van der Waals surface area (Å²) in [6.45, 7) is 1.99. The molecular weight excluding hydrogens is 409 g/mol. The number of aromatic carboxylic acids is 1. The number of nitrogens with zero attached hydrogens (tertiary/aromatic N) is 2. The van der Waals surface area contributed by atoms with E-state index in [1.807, 2.05) is 31.2 Å². The second-order valence-electron chi connectivity index (χ2n) is 7.71. The first kappa shape index (κ1) is 19.7. The highest BCUT2D eigenvalue weighted by Gasteiger charge is 2.43. The number of carboxylic acid groups (broad SMARTS) is 1. The van der Waals surface area contributed by atoms with E-state index in [1.54, 1.807) is 29.2 Å². The normalized spacial score (nSPS) is 15.1. The molecule has 0 saturated heterocycles. The van der Waals surface area contributed by atoms with Crippen LogP contribution in [0.4, 0.5) is 10.1 Å². The van der Waals surface area contributed by atoms with Gasteiger partial charge in [0, 0.05) is 16.8 Å². The minimum atomic E-state index is -1.05. The zero-order valence-electron chi connectivity index (χ0n) is 17.0. The topological polar surface area (TPSA) is 86.3 Å². The highest BCUT2D eigenvalue weighted by Crippen LogP contribution is 2.45. The molecule has 0 spiro atoms. The number of carbonyl (C=O) groups excluding carboxylic acids is 1. The van der Waals surface area contributed by atoms with Crippen molar-refractivity contribution < 1.29 is 19.1 Å². The molecule has 4 aromatic rings. The summed E-state index contributed by atoms with van der Waals surface area (Å²) in [4.78, 5) is 26.3. The molecule has 158 valence electrons. The fourth-order valence-electron chi connectivity index (χ4n) is 4.07. The zero-order chi connectivity index (χ0) is 22.4. The van der Waals surface area contributed by atoms with E-state index < -0.39 is 12.0 Å². The Bertz CT molecular complexity index is 1330. The predicted octanol–water partition coefficient (Wildman–Crippen LogP) is 4.97. The number of H-pyrrole nitrogens is 1. The summed E-state index contributed by atoms with van der Waals surface area (Å²) >= 11 is 0. The molecule has 1 aromatic heterocycles. The Labute approximate surface area is 182 Å². The van der Waals surface area contributed by atoms with E-state index in [-0.39, 0.29) is 17.3 Å². The minimum absolute atomic E-state index is 0.124. The largest absolute Gasteiger partial charge is 0.478 e. The number of aromatic nitrogens is 2. The molecule has 32 heavy (non-hydrogen) atoms. The maximum absolute atomic E-state index is 13.7. The number of amides is 1. The quantitative estimate of drug-likeness (QED) is 0.481. The van der Waals surface area contributed by atoms with Gasteiger partial charge in [-0.1, -0.05) is 42.0 Å². The second-order valence-corrected chi connectivity index (χ2v) is 7.71. The van der Waals surface area contributed by atoms with Gasteiger partial charge in [0.05, 0.1) is 17.3 Å². The lowest BCUT2D eigenvalue weighted by Gasteiger charge is -2.26. The van der Waals surface area contributed by atoms with Crippen LogP contribution in [0.3, 0.4) is 0 Å². The number of carboxylic acids is 1. The van der Waals surface area contributed by atoms with Crippen molar-refractivity contribution in [2.75, 3.05) is 4.90 Å². The van der Waals surface area contributed by atoms with Gasteiger partial charge in [-0.2, -0.15) is 5.10 Å². The molecule has 1 unspecified atom stereocenters. The smallest absolute Gasteiger partial charge is 0.335 e. The average Bonchev–Trinajstić information content (AvgIpc) is 3.34. The van der Waals surface area contributed by atoms with E-state index in [9.17, 15) is 19.1 Å². The molecule has 1 amide bonds. The molecule has 2 heterocycles. The first-order valence-corrected chi connectivity index (χ1v) is 10.0. The third kappa shape index (κ3) is 3.15. The third-order valence-corrected chi connectivity index (χ3v) is 5.67. The predicted molar refractivity (Wildman–Crippen MR) is 117 cm³/mol. The summed E-state index contributed by atoms with van der Waals surface area (Å²) in [5.41, 5.74) is 5.05. The fraction of sp³-hybridized carbons (Fsp3) is 0.0800. The number of aryl methyl sites for hydroxylation is 1. The van der Waals surface area contributed by atoms with Crippen LogP contribution in [0.5, 0.6) is 0 Å². The lowest BCUT2D eigenvalue weighted by molar-refractivity contribution is 0.0696. The van der Waals surface area contributed by atoms with Crippen LogP contribution in [0.2, 0.25) is 0 Å². The van der Waals surface area contributed by atoms with Crippen LogP contribution >= 0.6 is 0 Å². The molecule has 5 rings (SSSR count). The van der Waals surface area contributed by atoms with E-state index in [4.69, 9.17) is 0 Å². The molecule has 2 N–H and O–H groups in total. The van der Waals surface area contributed by atoms with E-state index in [2.05, 4.69) is 10.2 Å². The van der Waals surface area contributed by atoms with Gasteiger partial charge in [-0.25, -0.2) is 9.18 Å². The third-order valence-electron chi connectivity index (χ3n) is 5.67. The van der Waals surface area contributed by atoms with Gasteiger partial charge >= 0.3 is 5.97 Å². The number of halogens is 1. The number of aromatic amines is 1. The summed E-state index contributed by atoms with van der Waals surface area (Å²) in [6.07, 6.45) is 0. The molecule has 0 aliphatic carbocycles. The van der Waals surface area contributed by atoms with Gasteiger partial charge in [0.2, 0.25) is 0 Å². The molecule has 6 nitrogen and oxygen atoms in total. The van der Waals surface area contributed by atoms with Crippen LogP contribution in [-0.4, -0.2) is 27.2 Å². The summed E-state index contributed by atoms with van der Waals surface area (Å²) in [5.74, 6) is -1.71.